The van der Waals surface area contributed by atoms with Crippen LogP contribution in [0, 0.1) is 5.92 Å². The molecule has 7 nitrogen and oxygen atoms in total. The summed E-state index contributed by atoms with van der Waals surface area (Å²) in [5, 5.41) is 16.1. The lowest BCUT2D eigenvalue weighted by Crippen LogP contribution is -2.44. The summed E-state index contributed by atoms with van der Waals surface area (Å²) in [4.78, 5) is 38.8. The number of carbonyl (C=O) groups is 3. The second kappa shape index (κ2) is 12.3. The standard InChI is InChI=1S/C30H32N2O5/c1-20(29(35)32-28-24-15-9-8-14-23(24)18-27(28)34)16-26(33)25(17-21-10-4-2-5-11-21)31-30(36)37-19-22-12-6-3-7-13-22/h2-15,20,25,27-28,34H,16-19H2,1H3,(H,31,36)(H,32,35)/t20?,25-,27+,28-/m0/s1. The van der Waals surface area contributed by atoms with E-state index >= 15 is 0 Å². The predicted molar refractivity (Wildman–Crippen MR) is 140 cm³/mol. The Labute approximate surface area is 216 Å². The van der Waals surface area contributed by atoms with Gasteiger partial charge < -0.3 is 20.5 Å². The fraction of sp³-hybridized carbons (Fsp3) is 0.300. The number of carbonyl (C=O) groups excluding carboxylic acids is 3. The number of Topliss-reactive ketones (excluding diaryl/α,β-unsaturated/α-hetero) is 1. The third-order valence-corrected chi connectivity index (χ3v) is 6.63. The fourth-order valence-corrected chi connectivity index (χ4v) is 4.58. The van der Waals surface area contributed by atoms with E-state index in [2.05, 4.69) is 10.6 Å². The van der Waals surface area contributed by atoms with Crippen molar-refractivity contribution in [2.24, 2.45) is 5.92 Å². The van der Waals surface area contributed by atoms with Crippen LogP contribution in [-0.4, -0.2) is 35.0 Å². The van der Waals surface area contributed by atoms with E-state index in [-0.39, 0.29) is 31.1 Å². The molecule has 37 heavy (non-hydrogen) atoms. The van der Waals surface area contributed by atoms with Gasteiger partial charge in [0.1, 0.15) is 6.61 Å². The van der Waals surface area contributed by atoms with Gasteiger partial charge in [0, 0.05) is 18.8 Å². The van der Waals surface area contributed by atoms with Gasteiger partial charge in [-0.25, -0.2) is 4.79 Å². The molecule has 0 bridgehead atoms. The number of rotatable bonds is 10. The molecule has 0 aromatic heterocycles. The van der Waals surface area contributed by atoms with E-state index in [0.717, 1.165) is 22.3 Å². The summed E-state index contributed by atoms with van der Waals surface area (Å²) < 4.78 is 5.32. The summed E-state index contributed by atoms with van der Waals surface area (Å²) in [6.07, 6.45) is -0.713. The molecule has 0 saturated carbocycles. The molecule has 0 aliphatic heterocycles. The number of ketones is 1. The van der Waals surface area contributed by atoms with Crippen LogP contribution in [0.3, 0.4) is 0 Å². The van der Waals surface area contributed by atoms with Gasteiger partial charge in [0.25, 0.3) is 0 Å². The minimum Gasteiger partial charge on any atom is -0.445 e. The van der Waals surface area contributed by atoms with Crippen LogP contribution < -0.4 is 10.6 Å². The first-order chi connectivity index (χ1) is 17.9. The van der Waals surface area contributed by atoms with E-state index in [1.54, 1.807) is 6.92 Å². The number of alkyl carbamates (subject to hydrolysis) is 1. The van der Waals surface area contributed by atoms with Crippen molar-refractivity contribution in [3.8, 4) is 0 Å². The number of nitrogens with one attached hydrogen (secondary N) is 2. The molecule has 4 rings (SSSR count). The Morgan fingerprint density at radius 3 is 2.24 bits per heavy atom. The van der Waals surface area contributed by atoms with Crippen molar-refractivity contribution in [3.05, 3.63) is 107 Å². The largest absolute Gasteiger partial charge is 0.445 e. The average Bonchev–Trinajstić information content (AvgIpc) is 3.22. The molecule has 192 valence electrons. The van der Waals surface area contributed by atoms with Gasteiger partial charge in [-0.2, -0.15) is 0 Å². The van der Waals surface area contributed by atoms with Crippen molar-refractivity contribution in [3.63, 3.8) is 0 Å². The molecule has 3 aromatic carbocycles. The summed E-state index contributed by atoms with van der Waals surface area (Å²) >= 11 is 0. The maximum Gasteiger partial charge on any atom is 0.408 e. The van der Waals surface area contributed by atoms with Crippen molar-refractivity contribution < 1.29 is 24.2 Å². The molecule has 1 aliphatic carbocycles. The Morgan fingerprint density at radius 1 is 0.919 bits per heavy atom. The SMILES string of the molecule is CC(CC(=O)[C@H](Cc1ccccc1)NC(=O)OCc1ccccc1)C(=O)N[C@H]1c2ccccc2C[C@H]1O. The van der Waals surface area contributed by atoms with Crippen molar-refractivity contribution in [2.75, 3.05) is 0 Å². The molecular weight excluding hydrogens is 468 g/mol. The normalized spacial score (nSPS) is 17.8. The summed E-state index contributed by atoms with van der Waals surface area (Å²) in [7, 11) is 0. The third-order valence-electron chi connectivity index (χ3n) is 6.63. The maximum atomic E-state index is 13.3. The number of aliphatic hydroxyl groups excluding tert-OH is 1. The highest BCUT2D eigenvalue weighted by molar-refractivity contribution is 5.91. The van der Waals surface area contributed by atoms with Crippen LogP contribution in [0.15, 0.2) is 84.9 Å². The van der Waals surface area contributed by atoms with Gasteiger partial charge in [-0.05, 0) is 28.7 Å². The smallest absolute Gasteiger partial charge is 0.408 e. The number of hydrogen-bond acceptors (Lipinski definition) is 5. The van der Waals surface area contributed by atoms with E-state index in [9.17, 15) is 19.5 Å². The van der Waals surface area contributed by atoms with Crippen LogP contribution in [0.5, 0.6) is 0 Å². The molecule has 1 unspecified atom stereocenters. The Balaban J connectivity index is 1.38. The van der Waals surface area contributed by atoms with Gasteiger partial charge in [-0.1, -0.05) is 91.9 Å². The summed E-state index contributed by atoms with van der Waals surface area (Å²) in [6, 6.07) is 24.9. The minimum atomic E-state index is -0.848. The fourth-order valence-electron chi connectivity index (χ4n) is 4.58. The molecular formula is C30H32N2O5. The van der Waals surface area contributed by atoms with Crippen molar-refractivity contribution in [2.45, 2.75) is 51.0 Å². The van der Waals surface area contributed by atoms with Crippen LogP contribution in [-0.2, 0) is 33.8 Å². The Hall–Kier alpha value is -3.97. The Bertz CT molecular complexity index is 1210. The first-order valence-corrected chi connectivity index (χ1v) is 12.5. The number of amides is 2. The second-order valence-corrected chi connectivity index (χ2v) is 9.48. The molecule has 3 aromatic rings. The maximum absolute atomic E-state index is 13.3. The highest BCUT2D eigenvalue weighted by atomic mass is 16.5. The van der Waals surface area contributed by atoms with Crippen LogP contribution >= 0.6 is 0 Å². The Morgan fingerprint density at radius 2 is 1.54 bits per heavy atom. The zero-order chi connectivity index (χ0) is 26.2. The molecule has 7 heteroatoms. The summed E-state index contributed by atoms with van der Waals surface area (Å²) in [5.74, 6) is -1.23. The van der Waals surface area contributed by atoms with E-state index in [4.69, 9.17) is 4.74 Å². The van der Waals surface area contributed by atoms with E-state index < -0.39 is 30.2 Å². The average molecular weight is 501 g/mol. The van der Waals surface area contributed by atoms with Crippen molar-refractivity contribution in [1.29, 1.82) is 0 Å². The first kappa shape index (κ1) is 26.1. The zero-order valence-corrected chi connectivity index (χ0v) is 20.8. The molecule has 3 N–H and O–H groups in total. The number of fused-ring (bicyclic) bond motifs is 1. The monoisotopic (exact) mass is 500 g/mol. The number of ether oxygens (including phenoxy) is 1. The predicted octanol–water partition coefficient (Wildman–Crippen LogP) is 3.89. The van der Waals surface area contributed by atoms with Gasteiger partial charge in [0.15, 0.2) is 5.78 Å². The van der Waals surface area contributed by atoms with E-state index in [1.165, 1.54) is 0 Å². The number of hydrogen-bond donors (Lipinski definition) is 3. The van der Waals surface area contributed by atoms with Gasteiger partial charge >= 0.3 is 6.09 Å². The molecule has 0 spiro atoms. The quantitative estimate of drug-likeness (QED) is 0.392. The van der Waals surface area contributed by atoms with Crippen LogP contribution in [0.1, 0.15) is 41.6 Å². The number of aliphatic hydroxyl groups is 1. The molecule has 0 saturated heterocycles. The highest BCUT2D eigenvalue weighted by Gasteiger charge is 2.33. The lowest BCUT2D eigenvalue weighted by molar-refractivity contribution is -0.130. The lowest BCUT2D eigenvalue weighted by Gasteiger charge is -2.22. The zero-order valence-electron chi connectivity index (χ0n) is 20.8. The van der Waals surface area contributed by atoms with Crippen LogP contribution in [0.4, 0.5) is 4.79 Å². The summed E-state index contributed by atoms with van der Waals surface area (Å²) in [5.41, 5.74) is 3.62. The summed E-state index contributed by atoms with van der Waals surface area (Å²) in [6.45, 7) is 1.76. The van der Waals surface area contributed by atoms with Crippen molar-refractivity contribution >= 4 is 17.8 Å². The second-order valence-electron chi connectivity index (χ2n) is 9.48. The van der Waals surface area contributed by atoms with Crippen LogP contribution in [0.25, 0.3) is 0 Å². The molecule has 4 atom stereocenters. The first-order valence-electron chi connectivity index (χ1n) is 12.5. The molecule has 1 aliphatic rings. The molecule has 0 heterocycles. The van der Waals surface area contributed by atoms with Crippen molar-refractivity contribution in [1.82, 2.24) is 10.6 Å². The van der Waals surface area contributed by atoms with Gasteiger partial charge in [-0.3, -0.25) is 9.59 Å². The molecule has 0 fully saturated rings. The number of benzene rings is 3. The van der Waals surface area contributed by atoms with Gasteiger partial charge in [0.2, 0.25) is 5.91 Å². The van der Waals surface area contributed by atoms with Crippen LogP contribution in [0.2, 0.25) is 0 Å². The highest BCUT2D eigenvalue weighted by Crippen LogP contribution is 2.31. The van der Waals surface area contributed by atoms with E-state index in [1.807, 2.05) is 84.9 Å². The topological polar surface area (TPSA) is 105 Å². The third kappa shape index (κ3) is 7.05. The molecule has 0 radical (unpaired) electrons. The minimum absolute atomic E-state index is 0.0627. The van der Waals surface area contributed by atoms with Gasteiger partial charge in [-0.15, -0.1) is 0 Å². The van der Waals surface area contributed by atoms with E-state index in [0.29, 0.717) is 6.42 Å². The molecule has 2 amide bonds. The lowest BCUT2D eigenvalue weighted by atomic mass is 9.94. The van der Waals surface area contributed by atoms with Gasteiger partial charge in [0.05, 0.1) is 18.2 Å². The Kier molecular flexibility index (Phi) is 8.69.